The molecule has 2 rings (SSSR count). The highest BCUT2D eigenvalue weighted by Gasteiger charge is 2.51. The molecule has 0 saturated carbocycles. The SMILES string of the molecule is CC(C)c1cc(C(C)(O)C(F)(F)F)c2ccccc2c1. The minimum absolute atomic E-state index is 0.0855. The van der Waals surface area contributed by atoms with E-state index in [-0.39, 0.29) is 11.5 Å². The van der Waals surface area contributed by atoms with E-state index in [0.29, 0.717) is 10.8 Å². The first-order valence-electron chi connectivity index (χ1n) is 6.47. The second kappa shape index (κ2) is 4.77. The van der Waals surface area contributed by atoms with Gasteiger partial charge in [0.25, 0.3) is 0 Å². The van der Waals surface area contributed by atoms with Gasteiger partial charge in [-0.05, 0) is 29.2 Å². The number of halogens is 3. The van der Waals surface area contributed by atoms with E-state index in [1.54, 1.807) is 24.3 Å². The van der Waals surface area contributed by atoms with Gasteiger partial charge < -0.3 is 5.11 Å². The van der Waals surface area contributed by atoms with Crippen molar-refractivity contribution in [2.24, 2.45) is 0 Å². The lowest BCUT2D eigenvalue weighted by atomic mass is 9.86. The third-order valence-corrected chi connectivity index (χ3v) is 3.63. The van der Waals surface area contributed by atoms with Crippen molar-refractivity contribution in [2.75, 3.05) is 0 Å². The Morgan fingerprint density at radius 3 is 2.20 bits per heavy atom. The smallest absolute Gasteiger partial charge is 0.376 e. The van der Waals surface area contributed by atoms with Gasteiger partial charge in [-0.1, -0.05) is 50.2 Å². The summed E-state index contributed by atoms with van der Waals surface area (Å²) >= 11 is 0. The van der Waals surface area contributed by atoms with Gasteiger partial charge in [-0.3, -0.25) is 0 Å². The van der Waals surface area contributed by atoms with Crippen molar-refractivity contribution in [2.45, 2.75) is 38.5 Å². The molecule has 0 fully saturated rings. The lowest BCUT2D eigenvalue weighted by molar-refractivity contribution is -0.258. The monoisotopic (exact) mass is 282 g/mol. The van der Waals surface area contributed by atoms with E-state index < -0.39 is 11.8 Å². The molecule has 0 aliphatic rings. The van der Waals surface area contributed by atoms with Crippen LogP contribution in [0.3, 0.4) is 0 Å². The third kappa shape index (κ3) is 2.40. The molecule has 0 aliphatic carbocycles. The first-order valence-corrected chi connectivity index (χ1v) is 6.47. The topological polar surface area (TPSA) is 20.2 Å². The van der Waals surface area contributed by atoms with E-state index in [1.165, 1.54) is 6.07 Å². The standard InChI is InChI=1S/C16H17F3O/c1-10(2)12-8-11-6-4-5-7-13(11)14(9-12)15(3,20)16(17,18)19/h4-10,20H,1-3H3. The van der Waals surface area contributed by atoms with Crippen LogP contribution in [0.25, 0.3) is 10.8 Å². The van der Waals surface area contributed by atoms with Gasteiger partial charge in [-0.2, -0.15) is 13.2 Å². The molecule has 20 heavy (non-hydrogen) atoms. The first kappa shape index (κ1) is 14.9. The lowest BCUT2D eigenvalue weighted by Gasteiger charge is -2.29. The number of fused-ring (bicyclic) bond motifs is 1. The highest BCUT2D eigenvalue weighted by molar-refractivity contribution is 5.87. The lowest BCUT2D eigenvalue weighted by Crippen LogP contribution is -2.39. The van der Waals surface area contributed by atoms with E-state index >= 15 is 0 Å². The van der Waals surface area contributed by atoms with Crippen LogP contribution in [0.4, 0.5) is 13.2 Å². The summed E-state index contributed by atoms with van der Waals surface area (Å²) in [6.07, 6.45) is -4.72. The quantitative estimate of drug-likeness (QED) is 0.844. The van der Waals surface area contributed by atoms with Gasteiger partial charge in [-0.25, -0.2) is 0 Å². The fourth-order valence-electron chi connectivity index (χ4n) is 2.22. The zero-order chi connectivity index (χ0) is 15.1. The number of alkyl halides is 3. The molecule has 2 aromatic carbocycles. The second-order valence-electron chi connectivity index (χ2n) is 5.51. The molecule has 0 radical (unpaired) electrons. The largest absolute Gasteiger partial charge is 0.421 e. The molecule has 0 amide bonds. The van der Waals surface area contributed by atoms with Crippen molar-refractivity contribution in [3.63, 3.8) is 0 Å². The van der Waals surface area contributed by atoms with Crippen LogP contribution < -0.4 is 0 Å². The molecule has 1 atom stereocenters. The molecule has 0 saturated heterocycles. The zero-order valence-corrected chi connectivity index (χ0v) is 11.6. The molecule has 108 valence electrons. The summed E-state index contributed by atoms with van der Waals surface area (Å²) in [4.78, 5) is 0. The maximum absolute atomic E-state index is 13.1. The fraction of sp³-hybridized carbons (Fsp3) is 0.375. The molecule has 1 unspecified atom stereocenters. The van der Waals surface area contributed by atoms with Crippen LogP contribution in [0, 0.1) is 0 Å². The van der Waals surface area contributed by atoms with Crippen molar-refractivity contribution in [3.8, 4) is 0 Å². The summed E-state index contributed by atoms with van der Waals surface area (Å²) in [5, 5.41) is 11.1. The van der Waals surface area contributed by atoms with Crippen molar-refractivity contribution >= 4 is 10.8 Å². The highest BCUT2D eigenvalue weighted by atomic mass is 19.4. The van der Waals surface area contributed by atoms with Gasteiger partial charge >= 0.3 is 6.18 Å². The Morgan fingerprint density at radius 1 is 1.05 bits per heavy atom. The van der Waals surface area contributed by atoms with Gasteiger partial charge in [0.1, 0.15) is 0 Å². The Labute approximate surface area is 116 Å². The van der Waals surface area contributed by atoms with E-state index in [4.69, 9.17) is 0 Å². The summed E-state index contributed by atoms with van der Waals surface area (Å²) < 4.78 is 39.4. The Bertz CT molecular complexity index is 627. The molecule has 0 aliphatic heterocycles. The fourth-order valence-corrected chi connectivity index (χ4v) is 2.22. The van der Waals surface area contributed by atoms with Crippen molar-refractivity contribution < 1.29 is 18.3 Å². The van der Waals surface area contributed by atoms with Crippen LogP contribution in [-0.4, -0.2) is 11.3 Å². The number of hydrogen-bond donors (Lipinski definition) is 1. The zero-order valence-electron chi connectivity index (χ0n) is 11.6. The van der Waals surface area contributed by atoms with Gasteiger partial charge in [0, 0.05) is 5.56 Å². The minimum atomic E-state index is -4.72. The van der Waals surface area contributed by atoms with Crippen LogP contribution in [-0.2, 0) is 5.60 Å². The molecule has 0 heterocycles. The van der Waals surface area contributed by atoms with Gasteiger partial charge in [0.05, 0.1) is 0 Å². The number of rotatable bonds is 2. The molecular formula is C16H17F3O. The predicted octanol–water partition coefficient (Wildman–Crippen LogP) is 4.73. The summed E-state index contributed by atoms with van der Waals surface area (Å²) in [6, 6.07) is 10.1. The van der Waals surface area contributed by atoms with E-state index in [2.05, 4.69) is 0 Å². The van der Waals surface area contributed by atoms with Crippen LogP contribution in [0.2, 0.25) is 0 Å². The molecule has 1 N–H and O–H groups in total. The van der Waals surface area contributed by atoms with Gasteiger partial charge in [-0.15, -0.1) is 0 Å². The first-order chi connectivity index (χ1) is 9.14. The summed E-state index contributed by atoms with van der Waals surface area (Å²) in [5.41, 5.74) is -2.17. The molecule has 1 nitrogen and oxygen atoms in total. The minimum Gasteiger partial charge on any atom is -0.376 e. The molecule has 4 heteroatoms. The van der Waals surface area contributed by atoms with Crippen molar-refractivity contribution in [3.05, 3.63) is 47.5 Å². The number of benzene rings is 2. The van der Waals surface area contributed by atoms with Crippen molar-refractivity contribution in [1.29, 1.82) is 0 Å². The Kier molecular flexibility index (Phi) is 3.54. The normalized spacial score (nSPS) is 15.6. The molecule has 0 spiro atoms. The third-order valence-electron chi connectivity index (χ3n) is 3.63. The van der Waals surface area contributed by atoms with Gasteiger partial charge in [0.2, 0.25) is 0 Å². The van der Waals surface area contributed by atoms with E-state index in [0.717, 1.165) is 12.5 Å². The van der Waals surface area contributed by atoms with E-state index in [1.807, 2.05) is 19.9 Å². The Hall–Kier alpha value is -1.55. The number of aliphatic hydroxyl groups is 1. The Morgan fingerprint density at radius 2 is 1.65 bits per heavy atom. The van der Waals surface area contributed by atoms with E-state index in [9.17, 15) is 18.3 Å². The summed E-state index contributed by atoms with van der Waals surface area (Å²) in [6.45, 7) is 4.63. The van der Waals surface area contributed by atoms with Crippen LogP contribution >= 0.6 is 0 Å². The number of hydrogen-bond acceptors (Lipinski definition) is 1. The molecule has 0 aromatic heterocycles. The van der Waals surface area contributed by atoms with Crippen LogP contribution in [0.15, 0.2) is 36.4 Å². The van der Waals surface area contributed by atoms with Crippen LogP contribution in [0.1, 0.15) is 37.8 Å². The van der Waals surface area contributed by atoms with Gasteiger partial charge in [0.15, 0.2) is 5.60 Å². The van der Waals surface area contributed by atoms with Crippen molar-refractivity contribution in [1.82, 2.24) is 0 Å². The van der Waals surface area contributed by atoms with Crippen LogP contribution in [0.5, 0.6) is 0 Å². The molecular weight excluding hydrogens is 265 g/mol. The average Bonchev–Trinajstić information content (AvgIpc) is 2.35. The summed E-state index contributed by atoms with van der Waals surface area (Å²) in [7, 11) is 0. The second-order valence-corrected chi connectivity index (χ2v) is 5.51. The predicted molar refractivity (Wildman–Crippen MR) is 73.7 cm³/mol. The maximum atomic E-state index is 13.1. The molecule has 0 bridgehead atoms. The average molecular weight is 282 g/mol. The maximum Gasteiger partial charge on any atom is 0.421 e. The highest BCUT2D eigenvalue weighted by Crippen LogP contribution is 2.42. The summed E-state index contributed by atoms with van der Waals surface area (Å²) in [5.74, 6) is 0.0855. The molecule has 2 aromatic rings. The Balaban J connectivity index is 2.80.